The van der Waals surface area contributed by atoms with Gasteiger partial charge in [-0.1, -0.05) is 60.7 Å². The third kappa shape index (κ3) is 3.35. The van der Waals surface area contributed by atoms with Crippen molar-refractivity contribution in [3.05, 3.63) is 89.6 Å². The minimum atomic E-state index is 0.756. The number of aromatic nitrogens is 1. The Morgan fingerprint density at radius 1 is 0.750 bits per heavy atom. The maximum Gasteiger partial charge on any atom is 0.198 e. The Bertz CT molecular complexity index is 643. The molecule has 0 N–H and O–H groups in total. The van der Waals surface area contributed by atoms with E-state index in [9.17, 15) is 0 Å². The van der Waals surface area contributed by atoms with Crippen LogP contribution in [0.15, 0.2) is 71.3 Å². The molecule has 0 unspecified atom stereocenters. The van der Waals surface area contributed by atoms with Gasteiger partial charge in [-0.05, 0) is 17.5 Å². The number of hydrogen-bond donors (Lipinski definition) is 0. The molecular weight excluding hydrogens is 246 g/mol. The van der Waals surface area contributed by atoms with Crippen LogP contribution in [0.5, 0.6) is 0 Å². The second kappa shape index (κ2) is 6.20. The van der Waals surface area contributed by atoms with Gasteiger partial charge in [0.05, 0.1) is 6.20 Å². The second-order valence-corrected chi connectivity index (χ2v) is 4.87. The van der Waals surface area contributed by atoms with Gasteiger partial charge in [0.15, 0.2) is 5.89 Å². The number of nitrogens with zero attached hydrogens (tertiary/aromatic N) is 1. The van der Waals surface area contributed by atoms with Gasteiger partial charge < -0.3 is 4.42 Å². The molecule has 0 bridgehead atoms. The van der Waals surface area contributed by atoms with E-state index in [1.54, 1.807) is 0 Å². The first kappa shape index (κ1) is 12.7. The van der Waals surface area contributed by atoms with E-state index < -0.39 is 0 Å². The summed E-state index contributed by atoms with van der Waals surface area (Å²) in [6.07, 6.45) is 4.49. The van der Waals surface area contributed by atoms with E-state index >= 15 is 0 Å². The predicted octanol–water partition coefficient (Wildman–Crippen LogP) is 4.05. The Morgan fingerprint density at radius 2 is 1.40 bits per heavy atom. The molecule has 0 saturated carbocycles. The van der Waals surface area contributed by atoms with E-state index in [-0.39, 0.29) is 0 Å². The predicted molar refractivity (Wildman–Crippen MR) is 79.6 cm³/mol. The lowest BCUT2D eigenvalue weighted by molar-refractivity contribution is 0.463. The van der Waals surface area contributed by atoms with Gasteiger partial charge in [0.2, 0.25) is 0 Å². The molecule has 0 aliphatic heterocycles. The molecule has 1 aromatic heterocycles. The molecule has 0 spiro atoms. The largest absolute Gasteiger partial charge is 0.445 e. The minimum Gasteiger partial charge on any atom is -0.445 e. The molecule has 0 aliphatic rings. The molecule has 100 valence electrons. The van der Waals surface area contributed by atoms with E-state index in [4.69, 9.17) is 4.42 Å². The summed E-state index contributed by atoms with van der Waals surface area (Å²) in [5, 5.41) is 0. The standard InChI is InChI=1S/C18H17NO/c1-3-7-15(8-4-1)11-12-17-14-19-18(20-17)13-16-9-5-2-6-10-16/h1-10,14H,11-13H2. The van der Waals surface area contributed by atoms with Crippen molar-refractivity contribution in [3.8, 4) is 0 Å². The molecule has 0 aliphatic carbocycles. The van der Waals surface area contributed by atoms with Gasteiger partial charge in [-0.2, -0.15) is 0 Å². The van der Waals surface area contributed by atoms with Gasteiger partial charge in [-0.3, -0.25) is 0 Å². The molecule has 2 aromatic carbocycles. The van der Waals surface area contributed by atoms with Crippen LogP contribution in [0.1, 0.15) is 22.8 Å². The molecule has 0 amide bonds. The summed E-state index contributed by atoms with van der Waals surface area (Å²) < 4.78 is 5.80. The van der Waals surface area contributed by atoms with Gasteiger partial charge in [-0.15, -0.1) is 0 Å². The molecule has 3 rings (SSSR count). The van der Waals surface area contributed by atoms with Crippen molar-refractivity contribution in [1.82, 2.24) is 4.98 Å². The summed E-state index contributed by atoms with van der Waals surface area (Å²) >= 11 is 0. The van der Waals surface area contributed by atoms with E-state index in [1.165, 1.54) is 11.1 Å². The summed E-state index contributed by atoms with van der Waals surface area (Å²) in [5.41, 5.74) is 2.55. The molecule has 1 heterocycles. The highest BCUT2D eigenvalue weighted by atomic mass is 16.4. The van der Waals surface area contributed by atoms with Crippen LogP contribution in [0.4, 0.5) is 0 Å². The third-order valence-electron chi connectivity index (χ3n) is 3.30. The third-order valence-corrected chi connectivity index (χ3v) is 3.30. The molecule has 0 radical (unpaired) electrons. The van der Waals surface area contributed by atoms with Gasteiger partial charge in [0.25, 0.3) is 0 Å². The lowest BCUT2D eigenvalue weighted by atomic mass is 10.1. The zero-order valence-electron chi connectivity index (χ0n) is 11.3. The highest BCUT2D eigenvalue weighted by molar-refractivity contribution is 5.19. The van der Waals surface area contributed by atoms with Crippen LogP contribution in [0.3, 0.4) is 0 Å². The van der Waals surface area contributed by atoms with E-state index in [2.05, 4.69) is 41.4 Å². The average molecular weight is 263 g/mol. The van der Waals surface area contributed by atoms with E-state index in [1.807, 2.05) is 30.5 Å². The zero-order valence-corrected chi connectivity index (χ0v) is 11.3. The zero-order chi connectivity index (χ0) is 13.6. The smallest absolute Gasteiger partial charge is 0.198 e. The number of oxazole rings is 1. The maximum absolute atomic E-state index is 5.80. The minimum absolute atomic E-state index is 0.756. The van der Waals surface area contributed by atoms with Crippen molar-refractivity contribution >= 4 is 0 Å². The first-order valence-corrected chi connectivity index (χ1v) is 6.91. The Kier molecular flexibility index (Phi) is 3.93. The fraction of sp³-hybridized carbons (Fsp3) is 0.167. The summed E-state index contributed by atoms with van der Waals surface area (Å²) in [5.74, 6) is 1.75. The Hall–Kier alpha value is -2.35. The number of benzene rings is 2. The highest BCUT2D eigenvalue weighted by Crippen LogP contribution is 2.12. The van der Waals surface area contributed by atoms with E-state index in [0.717, 1.165) is 30.9 Å². The SMILES string of the molecule is c1ccc(CCc2cnc(Cc3ccccc3)o2)cc1. The number of rotatable bonds is 5. The van der Waals surface area contributed by atoms with Crippen LogP contribution >= 0.6 is 0 Å². The lowest BCUT2D eigenvalue weighted by Crippen LogP contribution is -1.89. The first-order valence-electron chi connectivity index (χ1n) is 6.91. The van der Waals surface area contributed by atoms with Crippen LogP contribution < -0.4 is 0 Å². The van der Waals surface area contributed by atoms with Crippen molar-refractivity contribution in [2.45, 2.75) is 19.3 Å². The number of aryl methyl sites for hydroxylation is 2. The average Bonchev–Trinajstić information content (AvgIpc) is 2.95. The van der Waals surface area contributed by atoms with Gasteiger partial charge in [-0.25, -0.2) is 4.98 Å². The number of hydrogen-bond acceptors (Lipinski definition) is 2. The molecule has 2 nitrogen and oxygen atoms in total. The molecular formula is C18H17NO. The summed E-state index contributed by atoms with van der Waals surface area (Å²) in [7, 11) is 0. The first-order chi connectivity index (χ1) is 9.90. The van der Waals surface area contributed by atoms with Crippen LogP contribution in [0, 0.1) is 0 Å². The lowest BCUT2D eigenvalue weighted by Gasteiger charge is -1.98. The van der Waals surface area contributed by atoms with E-state index in [0.29, 0.717) is 0 Å². The van der Waals surface area contributed by atoms with Crippen molar-refractivity contribution < 1.29 is 4.42 Å². The fourth-order valence-electron chi connectivity index (χ4n) is 2.23. The summed E-state index contributed by atoms with van der Waals surface area (Å²) in [4.78, 5) is 4.36. The molecule has 20 heavy (non-hydrogen) atoms. The van der Waals surface area contributed by atoms with Crippen molar-refractivity contribution in [3.63, 3.8) is 0 Å². The topological polar surface area (TPSA) is 26.0 Å². The van der Waals surface area contributed by atoms with Crippen molar-refractivity contribution in [2.24, 2.45) is 0 Å². The van der Waals surface area contributed by atoms with Crippen molar-refractivity contribution in [1.29, 1.82) is 0 Å². The Labute approximate surface area is 119 Å². The van der Waals surface area contributed by atoms with Gasteiger partial charge in [0.1, 0.15) is 5.76 Å². The molecule has 3 aromatic rings. The second-order valence-electron chi connectivity index (χ2n) is 4.87. The molecule has 2 heteroatoms. The van der Waals surface area contributed by atoms with Crippen LogP contribution in [0.25, 0.3) is 0 Å². The van der Waals surface area contributed by atoms with Gasteiger partial charge >= 0.3 is 0 Å². The fourth-order valence-corrected chi connectivity index (χ4v) is 2.23. The quantitative estimate of drug-likeness (QED) is 0.694. The Balaban J connectivity index is 1.60. The maximum atomic E-state index is 5.80. The summed E-state index contributed by atoms with van der Waals surface area (Å²) in [6, 6.07) is 20.7. The normalized spacial score (nSPS) is 10.6. The summed E-state index contributed by atoms with van der Waals surface area (Å²) in [6.45, 7) is 0. The Morgan fingerprint density at radius 3 is 2.10 bits per heavy atom. The monoisotopic (exact) mass is 263 g/mol. The van der Waals surface area contributed by atoms with Crippen molar-refractivity contribution in [2.75, 3.05) is 0 Å². The van der Waals surface area contributed by atoms with Crippen LogP contribution in [-0.4, -0.2) is 4.98 Å². The van der Waals surface area contributed by atoms with Crippen LogP contribution in [0.2, 0.25) is 0 Å². The molecule has 0 fully saturated rings. The van der Waals surface area contributed by atoms with Crippen LogP contribution in [-0.2, 0) is 19.3 Å². The van der Waals surface area contributed by atoms with Gasteiger partial charge in [0, 0.05) is 12.8 Å². The molecule has 0 saturated heterocycles. The highest BCUT2D eigenvalue weighted by Gasteiger charge is 2.05. The molecule has 0 atom stereocenters.